The topological polar surface area (TPSA) is 93.0 Å². The van der Waals surface area contributed by atoms with E-state index in [0.29, 0.717) is 0 Å². The maximum Gasteiger partial charge on any atom is 0.214 e. The molecular weight excluding hydrogens is 118 g/mol. The van der Waals surface area contributed by atoms with E-state index in [0.717, 1.165) is 0 Å². The van der Waals surface area contributed by atoms with E-state index in [1.54, 1.807) is 0 Å². The molecule has 56 valence electrons. The zero-order valence-electron chi connectivity index (χ0n) is 5.06. The Balaban J connectivity index is -0.0000000720. The van der Waals surface area contributed by atoms with E-state index >= 15 is 0 Å². The third-order valence-corrected chi connectivity index (χ3v) is 0. The fourth-order valence-corrected chi connectivity index (χ4v) is 0. The molecule has 0 atom stereocenters. The second kappa shape index (κ2) is 10.0. The lowest BCUT2D eigenvalue weighted by molar-refractivity contribution is -0.115. The predicted octanol–water partition coefficient (Wildman–Crippen LogP) is 0.0700. The van der Waals surface area contributed by atoms with Gasteiger partial charge in [0, 0.05) is 6.92 Å². The summed E-state index contributed by atoms with van der Waals surface area (Å²) in [6, 6.07) is 0. The van der Waals surface area contributed by atoms with Crippen LogP contribution in [-0.4, -0.2) is 11.7 Å². The van der Waals surface area contributed by atoms with Gasteiger partial charge in [0.15, 0.2) is 0 Å². The maximum absolute atomic E-state index is 9.22. The number of amides is 1. The number of hydrogen-bond donors (Lipinski definition) is 3. The number of primary amides is 1. The molecule has 0 heterocycles. The first kappa shape index (κ1) is 15.7. The first-order chi connectivity index (χ1) is 3.46. The van der Waals surface area contributed by atoms with Gasteiger partial charge in [-0.25, -0.2) is 0 Å². The lowest BCUT2D eigenvalue weighted by atomic mass is 10.8. The molecule has 1 amide bonds. The summed E-state index contributed by atoms with van der Waals surface area (Å²) in [6.45, 7) is 2.83. The Hall–Kier alpha value is -1.06. The van der Waals surface area contributed by atoms with Gasteiger partial charge in [-0.3, -0.25) is 10.2 Å². The Kier molecular flexibility index (Phi) is 17.5. The number of rotatable bonds is 0. The number of hydrogen-bond acceptors (Lipinski definition) is 2. The van der Waals surface area contributed by atoms with Crippen LogP contribution >= 0.6 is 0 Å². The number of nitrogens with two attached hydrogens (primary N) is 2. The minimum atomic E-state index is -0.333. The summed E-state index contributed by atoms with van der Waals surface area (Å²) in [5.74, 6) is -0.167. The SMILES string of the molecule is C.CC(=N)N.CC(N)=O. The molecule has 0 bridgehead atoms. The summed E-state index contributed by atoms with van der Waals surface area (Å²) in [6.07, 6.45) is 0. The van der Waals surface area contributed by atoms with Gasteiger partial charge in [-0.15, -0.1) is 0 Å². The van der Waals surface area contributed by atoms with Crippen LogP contribution in [0.15, 0.2) is 0 Å². The van der Waals surface area contributed by atoms with Crippen molar-refractivity contribution >= 4 is 11.7 Å². The van der Waals surface area contributed by atoms with Gasteiger partial charge in [-0.05, 0) is 6.92 Å². The Morgan fingerprint density at radius 1 is 1.33 bits per heavy atom. The van der Waals surface area contributed by atoms with Crippen LogP contribution in [-0.2, 0) is 4.79 Å². The Bertz CT molecular complexity index is 70.2. The highest BCUT2D eigenvalue weighted by Gasteiger charge is 1.61. The highest BCUT2D eigenvalue weighted by atomic mass is 16.1. The van der Waals surface area contributed by atoms with Gasteiger partial charge in [0.1, 0.15) is 0 Å². The fourth-order valence-electron chi connectivity index (χ4n) is 0. The Labute approximate surface area is 55.7 Å². The zero-order chi connectivity index (χ0) is 7.15. The van der Waals surface area contributed by atoms with Crippen LogP contribution in [0.1, 0.15) is 21.3 Å². The smallest absolute Gasteiger partial charge is 0.214 e. The van der Waals surface area contributed by atoms with Crippen molar-refractivity contribution in [2.45, 2.75) is 21.3 Å². The normalized spacial score (nSPS) is 5.56. The minimum Gasteiger partial charge on any atom is -0.388 e. The minimum absolute atomic E-state index is 0. The number of carbonyl (C=O) groups excluding carboxylic acids is 1. The summed E-state index contributed by atoms with van der Waals surface area (Å²) >= 11 is 0. The summed E-state index contributed by atoms with van der Waals surface area (Å²) < 4.78 is 0. The molecule has 0 saturated heterocycles. The molecule has 0 spiro atoms. The number of nitrogens with one attached hydrogen (secondary N) is 1. The third kappa shape index (κ3) is 151. The molecule has 0 aromatic heterocycles. The molecule has 0 aromatic rings. The van der Waals surface area contributed by atoms with E-state index in [9.17, 15) is 4.79 Å². The average molecular weight is 133 g/mol. The monoisotopic (exact) mass is 133 g/mol. The van der Waals surface area contributed by atoms with Gasteiger partial charge in [0.05, 0.1) is 5.84 Å². The summed E-state index contributed by atoms with van der Waals surface area (Å²) in [5.41, 5.74) is 9.17. The van der Waals surface area contributed by atoms with Crippen molar-refractivity contribution in [1.82, 2.24) is 0 Å². The van der Waals surface area contributed by atoms with Crippen LogP contribution in [0, 0.1) is 5.41 Å². The van der Waals surface area contributed by atoms with Gasteiger partial charge in [0.2, 0.25) is 5.91 Å². The van der Waals surface area contributed by atoms with Crippen LogP contribution in [0.3, 0.4) is 0 Å². The van der Waals surface area contributed by atoms with Crippen molar-refractivity contribution in [2.24, 2.45) is 11.5 Å². The highest BCUT2D eigenvalue weighted by molar-refractivity contribution is 5.73. The molecule has 0 saturated carbocycles. The lowest BCUT2D eigenvalue weighted by Crippen LogP contribution is -2.01. The van der Waals surface area contributed by atoms with Crippen LogP contribution in [0.4, 0.5) is 0 Å². The Morgan fingerprint density at radius 2 is 1.33 bits per heavy atom. The second-order valence-corrected chi connectivity index (χ2v) is 1.29. The molecule has 0 unspecified atom stereocenters. The largest absolute Gasteiger partial charge is 0.388 e. The van der Waals surface area contributed by atoms with E-state index in [4.69, 9.17) is 11.1 Å². The molecule has 0 aliphatic heterocycles. The van der Waals surface area contributed by atoms with Crippen LogP contribution in [0.25, 0.3) is 0 Å². The molecule has 0 aromatic carbocycles. The van der Waals surface area contributed by atoms with E-state index < -0.39 is 0 Å². The van der Waals surface area contributed by atoms with E-state index in [2.05, 4.69) is 5.73 Å². The lowest BCUT2D eigenvalue weighted by Gasteiger charge is -1.66. The van der Waals surface area contributed by atoms with Crippen LogP contribution in [0.2, 0.25) is 0 Å². The predicted molar refractivity (Wildman–Crippen MR) is 39.2 cm³/mol. The maximum atomic E-state index is 9.22. The molecule has 0 fully saturated rings. The average Bonchev–Trinajstić information content (AvgIpc) is 1.25. The number of carbonyl (C=O) groups is 1. The molecule has 0 aliphatic carbocycles. The number of amidine groups is 1. The molecule has 0 aliphatic rings. The summed E-state index contributed by atoms with van der Waals surface area (Å²) in [5, 5.41) is 6.28. The summed E-state index contributed by atoms with van der Waals surface area (Å²) in [7, 11) is 0. The van der Waals surface area contributed by atoms with Crippen molar-refractivity contribution in [3.05, 3.63) is 0 Å². The van der Waals surface area contributed by atoms with Crippen molar-refractivity contribution in [3.8, 4) is 0 Å². The second-order valence-electron chi connectivity index (χ2n) is 1.29. The molecule has 0 rings (SSSR count). The van der Waals surface area contributed by atoms with E-state index in [-0.39, 0.29) is 19.2 Å². The molecule has 4 heteroatoms. The van der Waals surface area contributed by atoms with Gasteiger partial charge < -0.3 is 11.5 Å². The summed E-state index contributed by atoms with van der Waals surface area (Å²) in [4.78, 5) is 9.22. The molecular formula is C5H15N3O. The van der Waals surface area contributed by atoms with Gasteiger partial charge >= 0.3 is 0 Å². The fraction of sp³-hybridized carbons (Fsp3) is 0.600. The van der Waals surface area contributed by atoms with Gasteiger partial charge in [0.25, 0.3) is 0 Å². The molecule has 4 nitrogen and oxygen atoms in total. The van der Waals surface area contributed by atoms with Crippen molar-refractivity contribution in [3.63, 3.8) is 0 Å². The molecule has 5 N–H and O–H groups in total. The van der Waals surface area contributed by atoms with Crippen LogP contribution < -0.4 is 11.5 Å². The highest BCUT2D eigenvalue weighted by Crippen LogP contribution is 1.36. The third-order valence-electron chi connectivity index (χ3n) is 0. The first-order valence-corrected chi connectivity index (χ1v) is 2.03. The van der Waals surface area contributed by atoms with Crippen molar-refractivity contribution in [2.75, 3.05) is 0 Å². The Morgan fingerprint density at radius 3 is 1.33 bits per heavy atom. The van der Waals surface area contributed by atoms with Gasteiger partial charge in [-0.1, -0.05) is 7.43 Å². The van der Waals surface area contributed by atoms with Crippen LogP contribution in [0.5, 0.6) is 0 Å². The zero-order valence-corrected chi connectivity index (χ0v) is 5.06. The molecule has 0 radical (unpaired) electrons. The van der Waals surface area contributed by atoms with Gasteiger partial charge in [-0.2, -0.15) is 0 Å². The van der Waals surface area contributed by atoms with Crippen molar-refractivity contribution in [1.29, 1.82) is 5.41 Å². The molecule has 9 heavy (non-hydrogen) atoms. The quantitative estimate of drug-likeness (QED) is 0.322. The first-order valence-electron chi connectivity index (χ1n) is 2.03. The van der Waals surface area contributed by atoms with Crippen molar-refractivity contribution < 1.29 is 4.79 Å². The standard InChI is InChI=1S/C2H6N2.C2H5NO.CH4/c2*1-2(3)4;/h1H3,(H3,3,4);1H3,(H2,3,4);1H4. The van der Waals surface area contributed by atoms with E-state index in [1.165, 1.54) is 13.8 Å². The van der Waals surface area contributed by atoms with E-state index in [1.807, 2.05) is 0 Å².